The Balaban J connectivity index is 1.43. The predicted molar refractivity (Wildman–Crippen MR) is 91.3 cm³/mol. The summed E-state index contributed by atoms with van der Waals surface area (Å²) in [6.07, 6.45) is 4.89. The minimum Gasteiger partial charge on any atom is -0.299 e. The van der Waals surface area contributed by atoms with Crippen molar-refractivity contribution in [3.05, 3.63) is 70.6 Å². The third kappa shape index (κ3) is 3.12. The minimum absolute atomic E-state index is 0.0902. The lowest BCUT2D eigenvalue weighted by Crippen LogP contribution is -2.06. The van der Waals surface area contributed by atoms with Crippen molar-refractivity contribution in [2.24, 2.45) is 5.92 Å². The van der Waals surface area contributed by atoms with E-state index < -0.39 is 0 Å². The van der Waals surface area contributed by atoms with Gasteiger partial charge in [0.25, 0.3) is 0 Å². The molecule has 120 valence electrons. The first kappa shape index (κ1) is 15.1. The molecule has 3 nitrogen and oxygen atoms in total. The summed E-state index contributed by atoms with van der Waals surface area (Å²) in [5, 5.41) is 2.78. The average Bonchev–Trinajstić information content (AvgIpc) is 3.25. The summed E-state index contributed by atoms with van der Waals surface area (Å²) >= 11 is 1.52. The van der Waals surface area contributed by atoms with Gasteiger partial charge >= 0.3 is 0 Å². The van der Waals surface area contributed by atoms with Gasteiger partial charge < -0.3 is 0 Å². The van der Waals surface area contributed by atoms with Crippen LogP contribution in [0.15, 0.2) is 54.2 Å². The first-order chi connectivity index (χ1) is 11.7. The van der Waals surface area contributed by atoms with Gasteiger partial charge in [0.05, 0.1) is 17.1 Å². The molecule has 3 aromatic rings. The second kappa shape index (κ2) is 6.24. The zero-order valence-electron chi connectivity index (χ0n) is 12.9. The smallest absolute Gasteiger partial charge is 0.143 e. The van der Waals surface area contributed by atoms with Gasteiger partial charge in [-0.25, -0.2) is 9.37 Å². The quantitative estimate of drug-likeness (QED) is 0.698. The third-order valence-electron chi connectivity index (χ3n) is 4.37. The average molecular weight is 338 g/mol. The summed E-state index contributed by atoms with van der Waals surface area (Å²) in [5.41, 5.74) is 2.79. The molecule has 5 heteroatoms. The van der Waals surface area contributed by atoms with Crippen molar-refractivity contribution in [2.75, 3.05) is 0 Å². The Morgan fingerprint density at radius 2 is 2.00 bits per heavy atom. The molecule has 2 unspecified atom stereocenters. The monoisotopic (exact) mass is 338 g/mol. The van der Waals surface area contributed by atoms with Crippen molar-refractivity contribution in [3.63, 3.8) is 0 Å². The van der Waals surface area contributed by atoms with E-state index in [1.807, 2.05) is 23.7 Å². The van der Waals surface area contributed by atoms with E-state index in [0.717, 1.165) is 28.2 Å². The van der Waals surface area contributed by atoms with Gasteiger partial charge in [-0.15, -0.1) is 11.3 Å². The molecule has 0 saturated heterocycles. The molecular weight excluding hydrogens is 323 g/mol. The molecule has 0 spiro atoms. The zero-order valence-corrected chi connectivity index (χ0v) is 13.7. The van der Waals surface area contributed by atoms with Gasteiger partial charge in [0.1, 0.15) is 11.6 Å². The van der Waals surface area contributed by atoms with E-state index in [1.54, 1.807) is 18.3 Å². The maximum atomic E-state index is 13.0. The fourth-order valence-corrected chi connectivity index (χ4v) is 3.58. The molecule has 1 aliphatic carbocycles. The van der Waals surface area contributed by atoms with Crippen molar-refractivity contribution in [1.82, 2.24) is 9.97 Å². The fourth-order valence-electron chi connectivity index (χ4n) is 2.96. The molecule has 0 aliphatic heterocycles. The number of carbonyl (C=O) groups excluding carboxylic acids is 1. The number of Topliss-reactive ketones (excluding diaryl/α,β-unsaturated/α-hetero) is 1. The summed E-state index contributed by atoms with van der Waals surface area (Å²) < 4.78 is 13.0. The van der Waals surface area contributed by atoms with Crippen LogP contribution in [0.2, 0.25) is 0 Å². The van der Waals surface area contributed by atoms with Crippen LogP contribution in [0.1, 0.15) is 22.9 Å². The van der Waals surface area contributed by atoms with E-state index in [4.69, 9.17) is 0 Å². The second-order valence-corrected chi connectivity index (χ2v) is 6.98. The molecule has 2 atom stereocenters. The van der Waals surface area contributed by atoms with Crippen LogP contribution >= 0.6 is 11.3 Å². The van der Waals surface area contributed by atoms with Crippen LogP contribution < -0.4 is 0 Å². The standard InChI is InChI=1S/C19H15FN2OS/c20-14-4-1-12(2-5-14)17-6-3-13(11-22-17)15-9-16(15)18(23)10-19-21-7-8-24-19/h1-8,11,15-16H,9-10H2. The first-order valence-electron chi connectivity index (χ1n) is 7.83. The van der Waals surface area contributed by atoms with Crippen molar-refractivity contribution in [3.8, 4) is 11.3 Å². The van der Waals surface area contributed by atoms with Gasteiger partial charge in [-0.05, 0) is 48.2 Å². The minimum atomic E-state index is -0.255. The lowest BCUT2D eigenvalue weighted by atomic mass is 10.1. The molecule has 2 aromatic heterocycles. The molecular formula is C19H15FN2OS. The number of hydrogen-bond acceptors (Lipinski definition) is 4. The molecule has 0 bridgehead atoms. The van der Waals surface area contributed by atoms with Crippen LogP contribution in [-0.2, 0) is 11.2 Å². The van der Waals surface area contributed by atoms with E-state index in [2.05, 4.69) is 9.97 Å². The lowest BCUT2D eigenvalue weighted by Gasteiger charge is -2.03. The van der Waals surface area contributed by atoms with Crippen LogP contribution in [0.25, 0.3) is 11.3 Å². The Kier molecular flexibility index (Phi) is 3.94. The van der Waals surface area contributed by atoms with Crippen molar-refractivity contribution >= 4 is 17.1 Å². The number of nitrogens with zero attached hydrogens (tertiary/aromatic N) is 2. The highest BCUT2D eigenvalue weighted by Gasteiger charge is 2.43. The Labute approximate surface area is 143 Å². The number of benzene rings is 1. The molecule has 0 amide bonds. The topological polar surface area (TPSA) is 42.9 Å². The largest absolute Gasteiger partial charge is 0.299 e. The van der Waals surface area contributed by atoms with Crippen molar-refractivity contribution in [1.29, 1.82) is 0 Å². The van der Waals surface area contributed by atoms with Gasteiger partial charge in [-0.3, -0.25) is 9.78 Å². The highest BCUT2D eigenvalue weighted by Crippen LogP contribution is 2.48. The molecule has 24 heavy (non-hydrogen) atoms. The van der Waals surface area contributed by atoms with E-state index in [-0.39, 0.29) is 23.4 Å². The fraction of sp³-hybridized carbons (Fsp3) is 0.211. The highest BCUT2D eigenvalue weighted by atomic mass is 32.1. The van der Waals surface area contributed by atoms with Gasteiger partial charge in [0.2, 0.25) is 0 Å². The van der Waals surface area contributed by atoms with Crippen LogP contribution in [0, 0.1) is 11.7 Å². The van der Waals surface area contributed by atoms with Crippen LogP contribution in [0.4, 0.5) is 4.39 Å². The molecule has 0 radical (unpaired) electrons. The van der Waals surface area contributed by atoms with E-state index in [9.17, 15) is 9.18 Å². The number of carbonyl (C=O) groups is 1. The lowest BCUT2D eigenvalue weighted by molar-refractivity contribution is -0.119. The molecule has 1 saturated carbocycles. The summed E-state index contributed by atoms with van der Waals surface area (Å²) in [7, 11) is 0. The number of ketones is 1. The normalized spacial score (nSPS) is 19.2. The third-order valence-corrected chi connectivity index (χ3v) is 5.15. The van der Waals surface area contributed by atoms with Gasteiger partial charge in [0.15, 0.2) is 0 Å². The zero-order chi connectivity index (χ0) is 16.5. The first-order valence-corrected chi connectivity index (χ1v) is 8.71. The molecule has 4 rings (SSSR count). The van der Waals surface area contributed by atoms with E-state index in [1.165, 1.54) is 23.5 Å². The maximum Gasteiger partial charge on any atom is 0.143 e. The summed E-state index contributed by atoms with van der Waals surface area (Å²) in [4.78, 5) is 20.9. The van der Waals surface area contributed by atoms with Crippen LogP contribution in [0.5, 0.6) is 0 Å². The maximum absolute atomic E-state index is 13.0. The highest BCUT2D eigenvalue weighted by molar-refractivity contribution is 7.09. The van der Waals surface area contributed by atoms with Crippen LogP contribution in [-0.4, -0.2) is 15.8 Å². The van der Waals surface area contributed by atoms with E-state index in [0.29, 0.717) is 6.42 Å². The van der Waals surface area contributed by atoms with Gasteiger partial charge in [0, 0.05) is 29.3 Å². The number of halogens is 1. The molecule has 1 aliphatic rings. The molecule has 0 N–H and O–H groups in total. The summed E-state index contributed by atoms with van der Waals surface area (Å²) in [5.74, 6) is 0.368. The Morgan fingerprint density at radius 1 is 1.17 bits per heavy atom. The number of hydrogen-bond donors (Lipinski definition) is 0. The van der Waals surface area contributed by atoms with Gasteiger partial charge in [-0.2, -0.15) is 0 Å². The number of rotatable bonds is 5. The van der Waals surface area contributed by atoms with Crippen molar-refractivity contribution < 1.29 is 9.18 Å². The molecule has 1 fully saturated rings. The second-order valence-electron chi connectivity index (χ2n) is 6.00. The Hall–Kier alpha value is -2.40. The van der Waals surface area contributed by atoms with Gasteiger partial charge in [-0.1, -0.05) is 6.07 Å². The number of pyridine rings is 1. The summed E-state index contributed by atoms with van der Waals surface area (Å²) in [6, 6.07) is 10.2. The Bertz CT molecular complexity index is 844. The summed E-state index contributed by atoms with van der Waals surface area (Å²) in [6.45, 7) is 0. The SMILES string of the molecule is O=C(Cc1nccs1)C1CC1c1ccc(-c2ccc(F)cc2)nc1. The molecule has 2 heterocycles. The number of aromatic nitrogens is 2. The predicted octanol–water partition coefficient (Wildman–Crippen LogP) is 4.26. The van der Waals surface area contributed by atoms with E-state index >= 15 is 0 Å². The van der Waals surface area contributed by atoms with Crippen LogP contribution in [0.3, 0.4) is 0 Å². The van der Waals surface area contributed by atoms with Crippen molar-refractivity contribution in [2.45, 2.75) is 18.8 Å². The molecule has 1 aromatic carbocycles. The number of thiazole rings is 1. The Morgan fingerprint density at radius 3 is 2.67 bits per heavy atom.